The van der Waals surface area contributed by atoms with Crippen molar-refractivity contribution in [2.24, 2.45) is 13.0 Å². The predicted molar refractivity (Wildman–Crippen MR) is 97.0 cm³/mol. The van der Waals surface area contributed by atoms with E-state index in [1.165, 1.54) is 0 Å². The number of nitrogens with zero attached hydrogens (tertiary/aromatic N) is 4. The number of carbonyl (C=O) groups is 1. The molecule has 1 aliphatic rings. The number of carbonyl (C=O) groups excluding carboxylic acids is 1. The van der Waals surface area contributed by atoms with Crippen molar-refractivity contribution < 1.29 is 4.79 Å². The summed E-state index contributed by atoms with van der Waals surface area (Å²) in [5.74, 6) is 0.647. The number of rotatable bonds is 1. The Morgan fingerprint density at radius 1 is 1.24 bits per heavy atom. The monoisotopic (exact) mass is 338 g/mol. The van der Waals surface area contributed by atoms with E-state index in [4.69, 9.17) is 0 Å². The molecule has 130 valence electrons. The number of likely N-dealkylation sites (tertiary alicyclic amines) is 1. The highest BCUT2D eigenvalue weighted by Gasteiger charge is 2.25. The van der Waals surface area contributed by atoms with Gasteiger partial charge >= 0.3 is 0 Å². The van der Waals surface area contributed by atoms with Gasteiger partial charge in [-0.25, -0.2) is 4.98 Å². The third-order valence-corrected chi connectivity index (χ3v) is 5.24. The zero-order chi connectivity index (χ0) is 17.7. The van der Waals surface area contributed by atoms with Gasteiger partial charge in [0.05, 0.1) is 5.39 Å². The number of hydrogen-bond acceptors (Lipinski definition) is 3. The summed E-state index contributed by atoms with van der Waals surface area (Å²) >= 11 is 0. The van der Waals surface area contributed by atoms with Crippen molar-refractivity contribution in [3.05, 3.63) is 46.0 Å². The van der Waals surface area contributed by atoms with E-state index in [1.54, 1.807) is 28.3 Å². The van der Waals surface area contributed by atoms with Crippen LogP contribution >= 0.6 is 0 Å². The van der Waals surface area contributed by atoms with Gasteiger partial charge in [0.15, 0.2) is 0 Å². The van der Waals surface area contributed by atoms with Gasteiger partial charge in [-0.1, -0.05) is 13.0 Å². The highest BCUT2D eigenvalue weighted by atomic mass is 16.2. The van der Waals surface area contributed by atoms with Crippen LogP contribution < -0.4 is 5.56 Å². The zero-order valence-electron chi connectivity index (χ0n) is 14.8. The molecule has 0 spiro atoms. The van der Waals surface area contributed by atoms with Gasteiger partial charge in [0.1, 0.15) is 17.0 Å². The largest absolute Gasteiger partial charge is 0.337 e. The molecule has 6 heteroatoms. The molecule has 0 bridgehead atoms. The molecule has 0 saturated carbocycles. The Morgan fingerprint density at radius 2 is 1.96 bits per heavy atom. The molecule has 0 aromatic carbocycles. The number of aryl methyl sites for hydroxylation is 2. The molecule has 3 aromatic heterocycles. The van der Waals surface area contributed by atoms with Gasteiger partial charge < -0.3 is 9.47 Å². The molecule has 4 heterocycles. The second kappa shape index (κ2) is 5.72. The average Bonchev–Trinajstić information content (AvgIpc) is 2.93. The standard InChI is InChI=1S/C19H22N4O2/c1-12-6-8-22(9-7-12)19(25)15-10-14-17(21(15)3)20-16-5-4-13(2)11-23(16)18(14)24/h4-5,10-12H,6-9H2,1-3H3. The van der Waals surface area contributed by atoms with Crippen LogP contribution in [0.5, 0.6) is 0 Å². The lowest BCUT2D eigenvalue weighted by atomic mass is 9.99. The average molecular weight is 338 g/mol. The summed E-state index contributed by atoms with van der Waals surface area (Å²) in [6.45, 7) is 5.70. The van der Waals surface area contributed by atoms with E-state index < -0.39 is 0 Å². The molecule has 0 unspecified atom stereocenters. The lowest BCUT2D eigenvalue weighted by Crippen LogP contribution is -2.38. The normalized spacial score (nSPS) is 16.0. The highest BCUT2D eigenvalue weighted by molar-refractivity contribution is 5.98. The number of fused-ring (bicyclic) bond motifs is 2. The first-order valence-corrected chi connectivity index (χ1v) is 8.73. The van der Waals surface area contributed by atoms with E-state index in [1.807, 2.05) is 24.0 Å². The van der Waals surface area contributed by atoms with Gasteiger partial charge in [0, 0.05) is 26.3 Å². The van der Waals surface area contributed by atoms with Crippen LogP contribution in [0.4, 0.5) is 0 Å². The first-order chi connectivity index (χ1) is 12.0. The zero-order valence-corrected chi connectivity index (χ0v) is 14.8. The van der Waals surface area contributed by atoms with Crippen molar-refractivity contribution >= 4 is 22.6 Å². The lowest BCUT2D eigenvalue weighted by Gasteiger charge is -2.30. The van der Waals surface area contributed by atoms with E-state index in [0.717, 1.165) is 31.5 Å². The fourth-order valence-electron chi connectivity index (χ4n) is 3.56. The van der Waals surface area contributed by atoms with Crippen LogP contribution in [0.2, 0.25) is 0 Å². The molecular formula is C19H22N4O2. The van der Waals surface area contributed by atoms with Crippen LogP contribution in [0.15, 0.2) is 29.2 Å². The number of aromatic nitrogens is 3. The Morgan fingerprint density at radius 3 is 2.68 bits per heavy atom. The third-order valence-electron chi connectivity index (χ3n) is 5.24. The molecule has 4 rings (SSSR count). The second-order valence-corrected chi connectivity index (χ2v) is 7.15. The summed E-state index contributed by atoms with van der Waals surface area (Å²) in [7, 11) is 1.80. The molecule has 0 atom stereocenters. The van der Waals surface area contributed by atoms with Crippen LogP contribution in [0, 0.1) is 12.8 Å². The Kier molecular flexibility index (Phi) is 3.63. The van der Waals surface area contributed by atoms with E-state index in [-0.39, 0.29) is 11.5 Å². The Hall–Kier alpha value is -2.63. The van der Waals surface area contributed by atoms with Crippen molar-refractivity contribution in [2.75, 3.05) is 13.1 Å². The summed E-state index contributed by atoms with van der Waals surface area (Å²) in [4.78, 5) is 32.2. The molecular weight excluding hydrogens is 316 g/mol. The summed E-state index contributed by atoms with van der Waals surface area (Å²) in [5, 5.41) is 0.485. The molecule has 0 N–H and O–H groups in total. The van der Waals surface area contributed by atoms with Gasteiger partial charge in [0.2, 0.25) is 0 Å². The molecule has 1 fully saturated rings. The predicted octanol–water partition coefficient (Wildman–Crippen LogP) is 2.37. The molecule has 1 aliphatic heterocycles. The number of amides is 1. The van der Waals surface area contributed by atoms with Crippen molar-refractivity contribution in [3.63, 3.8) is 0 Å². The maximum atomic E-state index is 12.9. The van der Waals surface area contributed by atoms with Crippen LogP contribution in [0.25, 0.3) is 16.7 Å². The summed E-state index contributed by atoms with van der Waals surface area (Å²) in [6.07, 6.45) is 3.84. The molecule has 1 saturated heterocycles. The van der Waals surface area contributed by atoms with Crippen LogP contribution in [0.3, 0.4) is 0 Å². The molecule has 0 aliphatic carbocycles. The molecule has 25 heavy (non-hydrogen) atoms. The lowest BCUT2D eigenvalue weighted by molar-refractivity contribution is 0.0688. The van der Waals surface area contributed by atoms with Crippen LogP contribution in [-0.4, -0.2) is 37.8 Å². The van der Waals surface area contributed by atoms with Gasteiger partial charge in [0.25, 0.3) is 11.5 Å². The van der Waals surface area contributed by atoms with E-state index in [9.17, 15) is 9.59 Å². The highest BCUT2D eigenvalue weighted by Crippen LogP contribution is 2.21. The summed E-state index contributed by atoms with van der Waals surface area (Å²) in [5.41, 5.74) is 2.54. The van der Waals surface area contributed by atoms with E-state index in [2.05, 4.69) is 11.9 Å². The van der Waals surface area contributed by atoms with E-state index in [0.29, 0.717) is 28.3 Å². The molecule has 1 amide bonds. The summed E-state index contributed by atoms with van der Waals surface area (Å²) < 4.78 is 3.30. The van der Waals surface area contributed by atoms with Gasteiger partial charge in [-0.2, -0.15) is 0 Å². The Balaban J connectivity index is 1.84. The first kappa shape index (κ1) is 15.9. The van der Waals surface area contributed by atoms with Crippen molar-refractivity contribution in [3.8, 4) is 0 Å². The second-order valence-electron chi connectivity index (χ2n) is 7.15. The number of pyridine rings is 1. The van der Waals surface area contributed by atoms with Crippen LogP contribution in [-0.2, 0) is 7.05 Å². The SMILES string of the molecule is Cc1ccc2nc3c(cc(C(=O)N4CCC(C)CC4)n3C)c(=O)n2c1. The van der Waals surface area contributed by atoms with Gasteiger partial charge in [-0.05, 0) is 43.4 Å². The smallest absolute Gasteiger partial charge is 0.270 e. The first-order valence-electron chi connectivity index (χ1n) is 8.73. The maximum absolute atomic E-state index is 12.9. The Bertz CT molecular complexity index is 1040. The topological polar surface area (TPSA) is 59.6 Å². The maximum Gasteiger partial charge on any atom is 0.270 e. The Labute approximate surface area is 145 Å². The minimum absolute atomic E-state index is 0.0166. The van der Waals surface area contributed by atoms with Gasteiger partial charge in [-0.15, -0.1) is 0 Å². The van der Waals surface area contributed by atoms with Crippen LogP contribution in [0.1, 0.15) is 35.8 Å². The molecule has 6 nitrogen and oxygen atoms in total. The van der Waals surface area contributed by atoms with Gasteiger partial charge in [-0.3, -0.25) is 14.0 Å². The van der Waals surface area contributed by atoms with E-state index >= 15 is 0 Å². The number of piperidine rings is 1. The number of hydrogen-bond donors (Lipinski definition) is 0. The molecule has 3 aromatic rings. The molecule has 0 radical (unpaired) electrons. The third kappa shape index (κ3) is 2.52. The van der Waals surface area contributed by atoms with Crippen molar-refractivity contribution in [1.82, 2.24) is 18.9 Å². The fourth-order valence-corrected chi connectivity index (χ4v) is 3.56. The minimum atomic E-state index is -0.134. The minimum Gasteiger partial charge on any atom is -0.337 e. The summed E-state index contributed by atoms with van der Waals surface area (Å²) in [6, 6.07) is 5.45. The van der Waals surface area contributed by atoms with Crippen molar-refractivity contribution in [1.29, 1.82) is 0 Å². The van der Waals surface area contributed by atoms with Crippen molar-refractivity contribution in [2.45, 2.75) is 26.7 Å². The quantitative estimate of drug-likeness (QED) is 0.684. The fraction of sp³-hybridized carbons (Fsp3) is 0.421.